The number of hydrogen-bond donors (Lipinski definition) is 1. The van der Waals surface area contributed by atoms with Gasteiger partial charge in [0, 0.05) is 10.9 Å². The summed E-state index contributed by atoms with van der Waals surface area (Å²) in [6, 6.07) is 22.6. The Morgan fingerprint density at radius 2 is 1.58 bits per heavy atom. The van der Waals surface area contributed by atoms with E-state index in [0.717, 1.165) is 28.1 Å². The molecule has 1 aliphatic carbocycles. The van der Waals surface area contributed by atoms with E-state index in [1.807, 2.05) is 18.2 Å². The van der Waals surface area contributed by atoms with Crippen LogP contribution in [0.3, 0.4) is 0 Å². The van der Waals surface area contributed by atoms with Crippen LogP contribution in [-0.2, 0) is 6.61 Å². The lowest BCUT2D eigenvalue weighted by Gasteiger charge is -2.11. The summed E-state index contributed by atoms with van der Waals surface area (Å²) in [7, 11) is 1.63. The number of methoxy groups -OCH3 is 1. The molecule has 26 heavy (non-hydrogen) atoms. The lowest BCUT2D eigenvalue weighted by atomic mass is 9.99. The Morgan fingerprint density at radius 1 is 0.808 bits per heavy atom. The zero-order valence-corrected chi connectivity index (χ0v) is 14.4. The second-order valence-corrected chi connectivity index (χ2v) is 6.48. The van der Waals surface area contributed by atoms with Crippen LogP contribution in [0.15, 0.2) is 66.7 Å². The molecule has 3 aromatic carbocycles. The van der Waals surface area contributed by atoms with Crippen molar-refractivity contribution in [3.05, 3.63) is 72.3 Å². The fraction of sp³-hybridized carbons (Fsp3) is 0.0870. The topological polar surface area (TPSA) is 42.4 Å². The summed E-state index contributed by atoms with van der Waals surface area (Å²) in [5.74, 6) is 0.732. The Hall–Kier alpha value is -3.17. The molecule has 5 rings (SSSR count). The largest absolute Gasteiger partial charge is 0.497 e. The number of aliphatic hydroxyl groups is 1. The summed E-state index contributed by atoms with van der Waals surface area (Å²) >= 11 is 0. The van der Waals surface area contributed by atoms with Gasteiger partial charge in [0.25, 0.3) is 0 Å². The van der Waals surface area contributed by atoms with Crippen molar-refractivity contribution in [1.29, 1.82) is 0 Å². The van der Waals surface area contributed by atoms with Crippen LogP contribution in [0.4, 0.5) is 0 Å². The fourth-order valence-corrected chi connectivity index (χ4v) is 3.89. The first-order chi connectivity index (χ1) is 12.8. The predicted octanol–water partition coefficient (Wildman–Crippen LogP) is 5.05. The molecule has 0 radical (unpaired) electrons. The van der Waals surface area contributed by atoms with Gasteiger partial charge in [-0.3, -0.25) is 0 Å². The first kappa shape index (κ1) is 15.1. The average Bonchev–Trinajstić information content (AvgIpc) is 3.03. The molecular weight excluding hydrogens is 322 g/mol. The minimum absolute atomic E-state index is 0.0573. The summed E-state index contributed by atoms with van der Waals surface area (Å²) in [6.07, 6.45) is 0. The molecule has 3 nitrogen and oxygen atoms in total. The van der Waals surface area contributed by atoms with E-state index < -0.39 is 0 Å². The van der Waals surface area contributed by atoms with E-state index in [-0.39, 0.29) is 6.61 Å². The van der Waals surface area contributed by atoms with Crippen molar-refractivity contribution in [1.82, 2.24) is 4.98 Å². The highest BCUT2D eigenvalue weighted by Crippen LogP contribution is 2.47. The first-order valence-electron chi connectivity index (χ1n) is 8.62. The van der Waals surface area contributed by atoms with E-state index in [2.05, 4.69) is 48.5 Å². The maximum Gasteiger partial charge on any atom is 0.119 e. The second-order valence-electron chi connectivity index (χ2n) is 6.48. The number of fused-ring (bicyclic) bond motifs is 3. The van der Waals surface area contributed by atoms with Crippen LogP contribution < -0.4 is 4.74 Å². The highest BCUT2D eigenvalue weighted by Gasteiger charge is 2.22. The Labute approximate surface area is 151 Å². The third-order valence-corrected chi connectivity index (χ3v) is 5.10. The molecule has 126 valence electrons. The Balaban J connectivity index is 1.81. The van der Waals surface area contributed by atoms with Crippen molar-refractivity contribution in [3.8, 4) is 39.3 Å². The number of nitrogens with zero attached hydrogens (tertiary/aromatic N) is 1. The number of benzene rings is 3. The summed E-state index contributed by atoms with van der Waals surface area (Å²) in [5, 5.41) is 11.0. The molecule has 1 aliphatic rings. The smallest absolute Gasteiger partial charge is 0.119 e. The van der Waals surface area contributed by atoms with Gasteiger partial charge in [-0.2, -0.15) is 0 Å². The van der Waals surface area contributed by atoms with Gasteiger partial charge in [-0.05, 0) is 58.1 Å². The number of aliphatic hydroxyl groups excluding tert-OH is 1. The van der Waals surface area contributed by atoms with Crippen LogP contribution in [0.1, 0.15) is 5.56 Å². The molecule has 0 atom stereocenters. The third-order valence-electron chi connectivity index (χ3n) is 5.10. The SMILES string of the molecule is COc1ccc(-c2cc3c4c(cccc4n2)-c2ccccc2-3)c(CO)c1. The van der Waals surface area contributed by atoms with Crippen molar-refractivity contribution in [2.45, 2.75) is 6.61 Å². The van der Waals surface area contributed by atoms with Crippen LogP contribution in [0.5, 0.6) is 5.75 Å². The molecule has 0 bridgehead atoms. The first-order valence-corrected chi connectivity index (χ1v) is 8.62. The molecular formula is C23H17NO2. The molecule has 3 heteroatoms. The second kappa shape index (κ2) is 5.68. The van der Waals surface area contributed by atoms with Crippen molar-refractivity contribution >= 4 is 10.9 Å². The van der Waals surface area contributed by atoms with Crippen LogP contribution in [-0.4, -0.2) is 17.2 Å². The van der Waals surface area contributed by atoms with Crippen molar-refractivity contribution < 1.29 is 9.84 Å². The Kier molecular flexibility index (Phi) is 3.30. The maximum absolute atomic E-state index is 9.82. The quantitative estimate of drug-likeness (QED) is 0.500. The van der Waals surface area contributed by atoms with E-state index in [0.29, 0.717) is 0 Å². The van der Waals surface area contributed by atoms with Gasteiger partial charge < -0.3 is 9.84 Å². The summed E-state index contributed by atoms with van der Waals surface area (Å²) in [4.78, 5) is 4.90. The van der Waals surface area contributed by atoms with Gasteiger partial charge in [-0.25, -0.2) is 4.98 Å². The molecule has 0 amide bonds. The molecule has 4 aromatic rings. The monoisotopic (exact) mass is 339 g/mol. The Morgan fingerprint density at radius 3 is 2.35 bits per heavy atom. The minimum atomic E-state index is -0.0573. The average molecular weight is 339 g/mol. The number of aromatic nitrogens is 1. The Bertz CT molecular complexity index is 1160. The molecule has 1 N–H and O–H groups in total. The van der Waals surface area contributed by atoms with E-state index in [1.54, 1.807) is 7.11 Å². The van der Waals surface area contributed by atoms with E-state index >= 15 is 0 Å². The van der Waals surface area contributed by atoms with Gasteiger partial charge in [0.2, 0.25) is 0 Å². The number of rotatable bonds is 3. The molecule has 0 fully saturated rings. The van der Waals surface area contributed by atoms with Gasteiger partial charge in [-0.15, -0.1) is 0 Å². The molecule has 0 unspecified atom stereocenters. The highest BCUT2D eigenvalue weighted by molar-refractivity contribution is 6.14. The van der Waals surface area contributed by atoms with E-state index in [9.17, 15) is 5.11 Å². The zero-order chi connectivity index (χ0) is 17.7. The minimum Gasteiger partial charge on any atom is -0.497 e. The van der Waals surface area contributed by atoms with Crippen LogP contribution in [0.2, 0.25) is 0 Å². The van der Waals surface area contributed by atoms with Gasteiger partial charge >= 0.3 is 0 Å². The van der Waals surface area contributed by atoms with E-state index in [4.69, 9.17) is 9.72 Å². The summed E-state index contributed by atoms with van der Waals surface area (Å²) in [5.41, 5.74) is 8.52. The number of hydrogen-bond acceptors (Lipinski definition) is 3. The van der Waals surface area contributed by atoms with Crippen molar-refractivity contribution in [2.24, 2.45) is 0 Å². The van der Waals surface area contributed by atoms with Crippen LogP contribution in [0.25, 0.3) is 44.4 Å². The number of pyridine rings is 1. The van der Waals surface area contributed by atoms with Gasteiger partial charge in [-0.1, -0.05) is 36.4 Å². The molecule has 0 spiro atoms. The lowest BCUT2D eigenvalue weighted by Crippen LogP contribution is -1.94. The van der Waals surface area contributed by atoms with Gasteiger partial charge in [0.1, 0.15) is 5.75 Å². The lowest BCUT2D eigenvalue weighted by molar-refractivity contribution is 0.281. The molecule has 1 heterocycles. The summed E-state index contributed by atoms with van der Waals surface area (Å²) in [6.45, 7) is -0.0573. The molecule has 0 aliphatic heterocycles. The molecule has 1 aromatic heterocycles. The fourth-order valence-electron chi connectivity index (χ4n) is 3.89. The standard InChI is InChI=1S/C23H17NO2/c1-26-15-9-10-16(14(11-15)13-25)22-12-20-18-6-3-2-5-17(18)19-7-4-8-21(24-22)23(19)20/h2-12,25H,13H2,1H3. The normalized spacial score (nSPS) is 11.6. The molecule has 0 saturated heterocycles. The predicted molar refractivity (Wildman–Crippen MR) is 104 cm³/mol. The number of ether oxygens (including phenoxy) is 1. The zero-order valence-electron chi connectivity index (χ0n) is 14.4. The van der Waals surface area contributed by atoms with Crippen molar-refractivity contribution in [3.63, 3.8) is 0 Å². The van der Waals surface area contributed by atoms with Gasteiger partial charge in [0.15, 0.2) is 0 Å². The molecule has 0 saturated carbocycles. The van der Waals surface area contributed by atoms with E-state index in [1.165, 1.54) is 27.6 Å². The van der Waals surface area contributed by atoms with Crippen molar-refractivity contribution in [2.75, 3.05) is 7.11 Å². The maximum atomic E-state index is 9.82. The summed E-state index contributed by atoms with van der Waals surface area (Å²) < 4.78 is 5.29. The van der Waals surface area contributed by atoms with Gasteiger partial charge in [0.05, 0.1) is 24.9 Å². The van der Waals surface area contributed by atoms with Crippen LogP contribution in [0, 0.1) is 0 Å². The van der Waals surface area contributed by atoms with Crippen LogP contribution >= 0.6 is 0 Å². The highest BCUT2D eigenvalue weighted by atomic mass is 16.5. The third kappa shape index (κ3) is 2.07.